The van der Waals surface area contributed by atoms with E-state index in [1.807, 2.05) is 13.0 Å². The zero-order chi connectivity index (χ0) is 21.7. The van der Waals surface area contributed by atoms with Gasteiger partial charge in [-0.15, -0.1) is 0 Å². The highest BCUT2D eigenvalue weighted by atomic mass is 79.9. The number of carbonyl (C=O) groups is 2. The van der Waals surface area contributed by atoms with E-state index in [1.54, 1.807) is 42.6 Å². The molecule has 0 radical (unpaired) electrons. The second-order valence-electron chi connectivity index (χ2n) is 6.16. The fourth-order valence-corrected chi connectivity index (χ4v) is 4.17. The number of benzene rings is 2. The number of hydrazone groups is 1. The number of aromatic nitrogens is 1. The van der Waals surface area contributed by atoms with Crippen LogP contribution in [-0.4, -0.2) is 23.1 Å². The minimum absolute atomic E-state index is 0.284. The molecule has 9 heteroatoms. The van der Waals surface area contributed by atoms with Gasteiger partial charge in [0.25, 0.3) is 5.91 Å². The van der Waals surface area contributed by atoms with Crippen molar-refractivity contribution in [2.45, 2.75) is 6.92 Å². The average Bonchev–Trinajstić information content (AvgIpc) is 2.70. The van der Waals surface area contributed by atoms with Crippen LogP contribution in [0.15, 0.2) is 73.4 Å². The number of hydrogen-bond donors (Lipinski definition) is 1. The molecule has 3 aromatic rings. The van der Waals surface area contributed by atoms with Crippen molar-refractivity contribution in [3.8, 4) is 5.75 Å². The highest BCUT2D eigenvalue weighted by Gasteiger charge is 2.15. The Hall–Kier alpha value is -2.36. The van der Waals surface area contributed by atoms with Crippen molar-refractivity contribution in [3.05, 3.63) is 90.5 Å². The normalized spacial score (nSPS) is 10.8. The van der Waals surface area contributed by atoms with E-state index >= 15 is 0 Å². The highest BCUT2D eigenvalue weighted by Crippen LogP contribution is 2.32. The quantitative estimate of drug-likeness (QED) is 0.179. The van der Waals surface area contributed by atoms with Crippen LogP contribution < -0.4 is 10.2 Å². The third-order valence-electron chi connectivity index (χ3n) is 3.82. The van der Waals surface area contributed by atoms with Gasteiger partial charge in [0.15, 0.2) is 5.75 Å². The van der Waals surface area contributed by atoms with Gasteiger partial charge in [0.05, 0.1) is 21.8 Å². The Morgan fingerprint density at radius 1 is 1.03 bits per heavy atom. The fourth-order valence-electron chi connectivity index (χ4n) is 2.47. The van der Waals surface area contributed by atoms with E-state index < -0.39 is 11.9 Å². The van der Waals surface area contributed by atoms with Crippen LogP contribution in [0.3, 0.4) is 0 Å². The predicted molar refractivity (Wildman–Crippen MR) is 125 cm³/mol. The number of rotatable bonds is 5. The summed E-state index contributed by atoms with van der Waals surface area (Å²) in [5.74, 6) is -0.639. The fraction of sp³-hybridized carbons (Fsp3) is 0.0476. The zero-order valence-electron chi connectivity index (χ0n) is 15.5. The summed E-state index contributed by atoms with van der Waals surface area (Å²) >= 11 is 10.1. The van der Waals surface area contributed by atoms with Gasteiger partial charge in [0.2, 0.25) is 0 Å². The minimum atomic E-state index is -0.499. The maximum absolute atomic E-state index is 12.6. The van der Waals surface area contributed by atoms with Gasteiger partial charge in [0, 0.05) is 26.9 Å². The maximum Gasteiger partial charge on any atom is 0.343 e. The molecule has 30 heavy (non-hydrogen) atoms. The molecule has 0 bridgehead atoms. The number of hydrogen-bond acceptors (Lipinski definition) is 5. The molecule has 0 aliphatic heterocycles. The summed E-state index contributed by atoms with van der Waals surface area (Å²) in [6.07, 6.45) is 4.41. The highest BCUT2D eigenvalue weighted by molar-refractivity contribution is 9.11. The molecule has 6 nitrogen and oxygen atoms in total. The number of pyridine rings is 1. The molecular formula is C21H14Br3N3O3. The van der Waals surface area contributed by atoms with Crippen molar-refractivity contribution in [2.24, 2.45) is 5.10 Å². The number of amides is 1. The molecule has 0 unspecified atom stereocenters. The van der Waals surface area contributed by atoms with Crippen LogP contribution in [0.2, 0.25) is 0 Å². The molecule has 0 aliphatic carbocycles. The molecule has 0 saturated heterocycles. The number of ether oxygens (including phenoxy) is 1. The van der Waals surface area contributed by atoms with Crippen LogP contribution in [0.4, 0.5) is 0 Å². The average molecular weight is 596 g/mol. The lowest BCUT2D eigenvalue weighted by Crippen LogP contribution is -2.18. The van der Waals surface area contributed by atoms with Crippen molar-refractivity contribution < 1.29 is 14.3 Å². The van der Waals surface area contributed by atoms with Crippen LogP contribution in [-0.2, 0) is 0 Å². The SMILES string of the molecule is Cc1cccc(C(=O)Oc2c(Br)cc(Br)cc2/C=N\NC(=O)c2cncc(Br)c2)c1. The lowest BCUT2D eigenvalue weighted by Gasteiger charge is -2.11. The summed E-state index contributed by atoms with van der Waals surface area (Å²) in [5.41, 5.74) is 4.66. The van der Waals surface area contributed by atoms with Gasteiger partial charge in [-0.3, -0.25) is 9.78 Å². The maximum atomic E-state index is 12.6. The van der Waals surface area contributed by atoms with Gasteiger partial charge in [0.1, 0.15) is 0 Å². The van der Waals surface area contributed by atoms with Crippen LogP contribution in [0.1, 0.15) is 31.8 Å². The summed E-state index contributed by atoms with van der Waals surface area (Å²) in [7, 11) is 0. The Labute approximate surface area is 198 Å². The number of nitrogens with one attached hydrogen (secondary N) is 1. The van der Waals surface area contributed by atoms with E-state index in [-0.39, 0.29) is 5.75 Å². The first kappa shape index (κ1) is 22.3. The molecule has 1 aromatic heterocycles. The summed E-state index contributed by atoms with van der Waals surface area (Å²) < 4.78 is 7.59. The molecule has 3 rings (SSSR count). The van der Waals surface area contributed by atoms with Crippen molar-refractivity contribution in [1.29, 1.82) is 0 Å². The van der Waals surface area contributed by atoms with Crippen LogP contribution in [0.25, 0.3) is 0 Å². The van der Waals surface area contributed by atoms with E-state index in [9.17, 15) is 9.59 Å². The Balaban J connectivity index is 1.81. The molecule has 0 spiro atoms. The lowest BCUT2D eigenvalue weighted by atomic mass is 10.1. The van der Waals surface area contributed by atoms with Gasteiger partial charge in [-0.1, -0.05) is 33.6 Å². The molecular weight excluding hydrogens is 582 g/mol. The Morgan fingerprint density at radius 2 is 1.83 bits per heavy atom. The third kappa shape index (κ3) is 5.84. The van der Waals surface area contributed by atoms with Crippen molar-refractivity contribution in [3.63, 3.8) is 0 Å². The number of aryl methyl sites for hydroxylation is 1. The molecule has 1 amide bonds. The topological polar surface area (TPSA) is 80.6 Å². The zero-order valence-corrected chi connectivity index (χ0v) is 20.3. The second-order valence-corrected chi connectivity index (χ2v) is 8.84. The van der Waals surface area contributed by atoms with Crippen LogP contribution >= 0.6 is 47.8 Å². The first-order valence-electron chi connectivity index (χ1n) is 8.55. The lowest BCUT2D eigenvalue weighted by molar-refractivity contribution is 0.0732. The number of halogens is 3. The summed E-state index contributed by atoms with van der Waals surface area (Å²) in [5, 5.41) is 3.98. The Bertz CT molecular complexity index is 1150. The molecule has 2 aromatic carbocycles. The number of carbonyl (C=O) groups excluding carboxylic acids is 2. The molecule has 0 fully saturated rings. The number of esters is 1. The van der Waals surface area contributed by atoms with Gasteiger partial charge in [-0.2, -0.15) is 5.10 Å². The first-order valence-corrected chi connectivity index (χ1v) is 10.9. The molecule has 0 saturated carbocycles. The van der Waals surface area contributed by atoms with Gasteiger partial charge in [-0.25, -0.2) is 10.2 Å². The molecule has 152 valence electrons. The van der Waals surface area contributed by atoms with E-state index in [0.717, 1.165) is 10.0 Å². The van der Waals surface area contributed by atoms with Crippen LogP contribution in [0.5, 0.6) is 5.75 Å². The van der Waals surface area contributed by atoms with Crippen molar-refractivity contribution in [1.82, 2.24) is 10.4 Å². The standard InChI is InChI=1S/C21H14Br3N3O3/c1-12-3-2-4-13(5-12)21(29)30-19-14(6-16(22)8-18(19)24)10-26-27-20(28)15-7-17(23)11-25-9-15/h2-11H,1H3,(H,27,28)/b26-10-. The van der Waals surface area contributed by atoms with Gasteiger partial charge in [-0.05, 0) is 69.1 Å². The number of nitrogens with zero attached hydrogens (tertiary/aromatic N) is 2. The van der Waals surface area contributed by atoms with E-state index in [1.165, 1.54) is 12.4 Å². The van der Waals surface area contributed by atoms with E-state index in [4.69, 9.17) is 4.74 Å². The third-order valence-corrected chi connectivity index (χ3v) is 5.30. The summed E-state index contributed by atoms with van der Waals surface area (Å²) in [6.45, 7) is 1.90. The molecule has 0 aliphatic rings. The van der Waals surface area contributed by atoms with Gasteiger partial charge >= 0.3 is 5.97 Å². The largest absolute Gasteiger partial charge is 0.421 e. The van der Waals surface area contributed by atoms with Crippen molar-refractivity contribution >= 4 is 65.9 Å². The second kappa shape index (κ2) is 10.1. The van der Waals surface area contributed by atoms with Gasteiger partial charge < -0.3 is 4.74 Å². The summed E-state index contributed by atoms with van der Waals surface area (Å²) in [6, 6.07) is 12.2. The van der Waals surface area contributed by atoms with E-state index in [2.05, 4.69) is 63.3 Å². The minimum Gasteiger partial charge on any atom is -0.421 e. The smallest absolute Gasteiger partial charge is 0.343 e. The van der Waals surface area contributed by atoms with Crippen LogP contribution in [0, 0.1) is 6.92 Å². The Kier molecular flexibility index (Phi) is 7.52. The molecule has 0 atom stereocenters. The van der Waals surface area contributed by atoms with Crippen molar-refractivity contribution in [2.75, 3.05) is 0 Å². The Morgan fingerprint density at radius 3 is 2.57 bits per heavy atom. The first-order chi connectivity index (χ1) is 14.3. The monoisotopic (exact) mass is 593 g/mol. The predicted octanol–water partition coefficient (Wildman–Crippen LogP) is 5.66. The summed E-state index contributed by atoms with van der Waals surface area (Å²) in [4.78, 5) is 28.7. The molecule has 1 heterocycles. The molecule has 1 N–H and O–H groups in total. The van der Waals surface area contributed by atoms with E-state index in [0.29, 0.717) is 25.6 Å².